The predicted molar refractivity (Wildman–Crippen MR) is 104 cm³/mol. The molecule has 2 rings (SSSR count). The van der Waals surface area contributed by atoms with Crippen molar-refractivity contribution >= 4 is 40.5 Å². The molecule has 7 nitrogen and oxygen atoms in total. The number of hydrogen-bond acceptors (Lipinski definition) is 5. The van der Waals surface area contributed by atoms with Crippen LogP contribution in [-0.2, 0) is 11.2 Å². The number of nitrogens with zero attached hydrogens (tertiary/aromatic N) is 2. The maximum Gasteiger partial charge on any atom is 0.289 e. The molecule has 0 aliphatic rings. The van der Waals surface area contributed by atoms with E-state index < -0.39 is 10.8 Å². The number of carbonyl (C=O) groups is 1. The Balaban J connectivity index is 1.96. The lowest BCUT2D eigenvalue weighted by atomic mass is 10.1. The molecule has 2 N–H and O–H groups in total. The fraction of sp³-hybridized carbons (Fsp3) is 0.111. The highest BCUT2D eigenvalue weighted by Crippen LogP contribution is 2.27. The van der Waals surface area contributed by atoms with E-state index in [-0.39, 0.29) is 22.0 Å². The Kier molecular flexibility index (Phi) is 7.17. The second-order valence-corrected chi connectivity index (χ2v) is 6.22. The lowest BCUT2D eigenvalue weighted by Gasteiger charge is -2.06. The molecule has 0 heterocycles. The minimum Gasteiger partial charge on any atom is -0.389 e. The van der Waals surface area contributed by atoms with Crippen molar-refractivity contribution in [3.05, 3.63) is 80.0 Å². The largest absolute Gasteiger partial charge is 0.389 e. The van der Waals surface area contributed by atoms with Crippen LogP contribution in [0, 0.1) is 21.4 Å². The van der Waals surface area contributed by atoms with Gasteiger partial charge in [0.15, 0.2) is 0 Å². The molecule has 0 saturated heterocycles. The van der Waals surface area contributed by atoms with Crippen LogP contribution in [0.25, 0.3) is 0 Å². The number of rotatable bonds is 7. The van der Waals surface area contributed by atoms with Crippen molar-refractivity contribution in [1.82, 2.24) is 5.32 Å². The van der Waals surface area contributed by atoms with E-state index in [9.17, 15) is 14.9 Å². The maximum atomic E-state index is 12.2. The van der Waals surface area contributed by atoms with Gasteiger partial charge in [-0.3, -0.25) is 14.9 Å². The summed E-state index contributed by atoms with van der Waals surface area (Å²) in [6.07, 6.45) is 1.98. The number of carbonyl (C=O) groups excluding carboxylic acids is 1. The molecule has 0 saturated carbocycles. The van der Waals surface area contributed by atoms with Crippen molar-refractivity contribution in [2.45, 2.75) is 6.42 Å². The average Bonchev–Trinajstić information content (AvgIpc) is 2.64. The molecule has 2 aromatic rings. The number of halogens is 2. The van der Waals surface area contributed by atoms with E-state index in [0.717, 1.165) is 11.6 Å². The van der Waals surface area contributed by atoms with Crippen molar-refractivity contribution in [1.29, 1.82) is 5.26 Å². The summed E-state index contributed by atoms with van der Waals surface area (Å²) in [6, 6.07) is 13.0. The van der Waals surface area contributed by atoms with Gasteiger partial charge in [0.05, 0.1) is 4.92 Å². The molecular weight excluding hydrogens is 391 g/mol. The third-order valence-electron chi connectivity index (χ3n) is 3.48. The van der Waals surface area contributed by atoms with Gasteiger partial charge in [-0.15, -0.1) is 0 Å². The first-order valence-electron chi connectivity index (χ1n) is 7.74. The Bertz CT molecular complexity index is 921. The van der Waals surface area contributed by atoms with Crippen LogP contribution in [-0.4, -0.2) is 17.4 Å². The lowest BCUT2D eigenvalue weighted by molar-refractivity contribution is -0.384. The number of hydrogen-bond donors (Lipinski definition) is 2. The molecule has 0 aromatic heterocycles. The molecule has 0 radical (unpaired) electrons. The van der Waals surface area contributed by atoms with E-state index in [1.165, 1.54) is 18.3 Å². The Hall–Kier alpha value is -3.08. The summed E-state index contributed by atoms with van der Waals surface area (Å²) in [5.74, 6) is -0.687. The Morgan fingerprint density at radius 2 is 1.93 bits per heavy atom. The molecule has 1 amide bonds. The van der Waals surface area contributed by atoms with E-state index in [1.54, 1.807) is 18.2 Å². The van der Waals surface area contributed by atoms with E-state index in [4.69, 9.17) is 28.5 Å². The van der Waals surface area contributed by atoms with Crippen LogP contribution in [0.1, 0.15) is 5.56 Å². The zero-order chi connectivity index (χ0) is 19.8. The number of benzene rings is 2. The zero-order valence-electron chi connectivity index (χ0n) is 13.9. The highest BCUT2D eigenvalue weighted by molar-refractivity contribution is 6.32. The summed E-state index contributed by atoms with van der Waals surface area (Å²) in [7, 11) is 0. The van der Waals surface area contributed by atoms with Gasteiger partial charge >= 0.3 is 0 Å². The standard InChI is InChI=1S/C18H14Cl2N4O3/c19-14-3-1-12(2-4-14)7-8-22-11-13(10-21)18(25)23-15-5-6-16(20)17(9-15)24(26)27/h1-6,9,11,22H,7-8H2,(H,23,25)/b13-11-. The van der Waals surface area contributed by atoms with Gasteiger partial charge in [-0.25, -0.2) is 0 Å². The Morgan fingerprint density at radius 1 is 1.22 bits per heavy atom. The molecule has 0 atom stereocenters. The topological polar surface area (TPSA) is 108 Å². The second-order valence-electron chi connectivity index (χ2n) is 5.38. The summed E-state index contributed by atoms with van der Waals surface area (Å²) < 4.78 is 0. The Morgan fingerprint density at radius 3 is 2.56 bits per heavy atom. The number of amides is 1. The maximum absolute atomic E-state index is 12.2. The summed E-state index contributed by atoms with van der Waals surface area (Å²) in [5, 5.41) is 26.0. The van der Waals surface area contributed by atoms with Crippen LogP contribution in [0.3, 0.4) is 0 Å². The van der Waals surface area contributed by atoms with Gasteiger partial charge in [-0.2, -0.15) is 5.26 Å². The summed E-state index contributed by atoms with van der Waals surface area (Å²) in [6.45, 7) is 0.506. The minimum atomic E-state index is -0.687. The van der Waals surface area contributed by atoms with Crippen LogP contribution in [0.5, 0.6) is 0 Å². The smallest absolute Gasteiger partial charge is 0.289 e. The van der Waals surface area contributed by atoms with Crippen LogP contribution in [0.15, 0.2) is 54.2 Å². The first kappa shape index (κ1) is 20.2. The van der Waals surface area contributed by atoms with E-state index in [1.807, 2.05) is 12.1 Å². The van der Waals surface area contributed by atoms with Crippen molar-refractivity contribution in [3.8, 4) is 6.07 Å². The summed E-state index contributed by atoms with van der Waals surface area (Å²) in [4.78, 5) is 22.4. The number of anilines is 1. The molecule has 0 spiro atoms. The monoisotopic (exact) mass is 404 g/mol. The fourth-order valence-corrected chi connectivity index (χ4v) is 2.43. The van der Waals surface area contributed by atoms with Crippen LogP contribution >= 0.6 is 23.2 Å². The van der Waals surface area contributed by atoms with Gasteiger partial charge in [-0.1, -0.05) is 35.3 Å². The number of nitro groups is 1. The zero-order valence-corrected chi connectivity index (χ0v) is 15.4. The van der Waals surface area contributed by atoms with E-state index in [0.29, 0.717) is 18.0 Å². The van der Waals surface area contributed by atoms with Crippen LogP contribution in [0.4, 0.5) is 11.4 Å². The van der Waals surface area contributed by atoms with Crippen molar-refractivity contribution in [2.75, 3.05) is 11.9 Å². The molecule has 0 aliphatic heterocycles. The summed E-state index contributed by atoms with van der Waals surface area (Å²) in [5.41, 5.74) is 0.719. The van der Waals surface area contributed by atoms with E-state index >= 15 is 0 Å². The van der Waals surface area contributed by atoms with Gasteiger partial charge in [0.2, 0.25) is 0 Å². The first-order valence-corrected chi connectivity index (χ1v) is 8.49. The predicted octanol–water partition coefficient (Wildman–Crippen LogP) is 4.08. The van der Waals surface area contributed by atoms with Gasteiger partial charge < -0.3 is 10.6 Å². The SMILES string of the molecule is N#C/C(=C/NCCc1ccc(Cl)cc1)C(=O)Nc1ccc(Cl)c([N+](=O)[O-])c1. The van der Waals surface area contributed by atoms with Crippen molar-refractivity contribution in [3.63, 3.8) is 0 Å². The Labute approximate surface area is 165 Å². The third-order valence-corrected chi connectivity index (χ3v) is 4.06. The van der Waals surface area contributed by atoms with Crippen LogP contribution in [0.2, 0.25) is 10.0 Å². The molecule has 9 heteroatoms. The highest BCUT2D eigenvalue weighted by Gasteiger charge is 2.15. The molecule has 0 unspecified atom stereocenters. The van der Waals surface area contributed by atoms with Crippen molar-refractivity contribution < 1.29 is 9.72 Å². The summed E-state index contributed by atoms with van der Waals surface area (Å²) >= 11 is 11.5. The van der Waals surface area contributed by atoms with Gasteiger partial charge in [-0.05, 0) is 36.2 Å². The highest BCUT2D eigenvalue weighted by atomic mass is 35.5. The molecular formula is C18H14Cl2N4O3. The minimum absolute atomic E-state index is 0.0436. The molecule has 0 aliphatic carbocycles. The third kappa shape index (κ3) is 5.99. The molecule has 27 heavy (non-hydrogen) atoms. The second kappa shape index (κ2) is 9.57. The number of nitriles is 1. The van der Waals surface area contributed by atoms with Gasteiger partial charge in [0.1, 0.15) is 16.7 Å². The molecule has 138 valence electrons. The lowest BCUT2D eigenvalue weighted by Crippen LogP contribution is -2.18. The molecule has 2 aromatic carbocycles. The molecule has 0 fully saturated rings. The molecule has 0 bridgehead atoms. The average molecular weight is 405 g/mol. The van der Waals surface area contributed by atoms with E-state index in [2.05, 4.69) is 10.6 Å². The number of nitro benzene ring substituents is 1. The van der Waals surface area contributed by atoms with Gasteiger partial charge in [0.25, 0.3) is 11.6 Å². The normalized spacial score (nSPS) is 10.8. The van der Waals surface area contributed by atoms with Crippen LogP contribution < -0.4 is 10.6 Å². The first-order chi connectivity index (χ1) is 12.9. The fourth-order valence-electron chi connectivity index (χ4n) is 2.12. The van der Waals surface area contributed by atoms with Crippen molar-refractivity contribution in [2.24, 2.45) is 0 Å². The number of nitrogens with one attached hydrogen (secondary N) is 2. The quantitative estimate of drug-likeness (QED) is 0.237. The van der Waals surface area contributed by atoms with Gasteiger partial charge in [0, 0.05) is 29.5 Å².